The van der Waals surface area contributed by atoms with E-state index in [0.29, 0.717) is 0 Å². The van der Waals surface area contributed by atoms with Crippen LogP contribution < -0.4 is 0 Å². The Morgan fingerprint density at radius 2 is 2.00 bits per heavy atom. The van der Waals surface area contributed by atoms with Gasteiger partial charge in [0.1, 0.15) is 11.6 Å². The molecule has 22 heavy (non-hydrogen) atoms. The summed E-state index contributed by atoms with van der Waals surface area (Å²) in [5.41, 5.74) is 2.72. The molecule has 6 heteroatoms. The quantitative estimate of drug-likeness (QED) is 0.692. The summed E-state index contributed by atoms with van der Waals surface area (Å²) in [7, 11) is 0. The maximum absolute atomic E-state index is 11.9. The Balaban J connectivity index is 1.64. The predicted octanol–water partition coefficient (Wildman–Crippen LogP) is 3.27. The van der Waals surface area contributed by atoms with Crippen LogP contribution in [0.15, 0.2) is 48.1 Å². The smallest absolute Gasteiger partial charge is 0.358 e. The number of benzene rings is 1. The van der Waals surface area contributed by atoms with Crippen LogP contribution in [-0.4, -0.2) is 20.9 Å². The molecular weight excluding hydrogens is 298 g/mol. The van der Waals surface area contributed by atoms with E-state index in [1.54, 1.807) is 0 Å². The van der Waals surface area contributed by atoms with E-state index in [9.17, 15) is 4.79 Å². The lowest BCUT2D eigenvalue weighted by molar-refractivity contribution is 0.0461. The van der Waals surface area contributed by atoms with Crippen LogP contribution in [0.25, 0.3) is 10.6 Å². The fourth-order valence-corrected chi connectivity index (χ4v) is 2.61. The van der Waals surface area contributed by atoms with Crippen molar-refractivity contribution in [3.05, 3.63) is 65.2 Å². The molecule has 0 fully saturated rings. The van der Waals surface area contributed by atoms with Gasteiger partial charge in [-0.1, -0.05) is 30.3 Å². The minimum absolute atomic E-state index is 0.123. The number of aromatic nitrogens is 3. The van der Waals surface area contributed by atoms with Gasteiger partial charge in [0.25, 0.3) is 0 Å². The Labute approximate surface area is 131 Å². The molecule has 0 spiro atoms. The number of carbonyl (C=O) groups is 1. The summed E-state index contributed by atoms with van der Waals surface area (Å²) in [6.45, 7) is 1.93. The van der Waals surface area contributed by atoms with Crippen LogP contribution in [0.5, 0.6) is 0 Å². The van der Waals surface area contributed by atoms with Crippen LogP contribution in [0.3, 0.4) is 0 Å². The van der Waals surface area contributed by atoms with E-state index in [2.05, 4.69) is 15.0 Å². The fourth-order valence-electron chi connectivity index (χ4n) is 1.80. The second kappa shape index (κ2) is 6.44. The minimum Gasteiger partial charge on any atom is -0.454 e. The first-order valence-electron chi connectivity index (χ1n) is 6.68. The molecule has 0 saturated carbocycles. The molecule has 0 aliphatic rings. The Hall–Kier alpha value is -2.60. The molecule has 0 radical (unpaired) electrons. The van der Waals surface area contributed by atoms with Crippen LogP contribution in [-0.2, 0) is 11.3 Å². The highest BCUT2D eigenvalue weighted by Crippen LogP contribution is 2.23. The summed E-state index contributed by atoms with van der Waals surface area (Å²) < 4.78 is 5.21. The third-order valence-corrected chi connectivity index (χ3v) is 3.85. The lowest BCUT2D eigenvalue weighted by Gasteiger charge is -2.02. The molecule has 0 unspecified atom stereocenters. The first-order chi connectivity index (χ1) is 10.7. The molecule has 3 rings (SSSR count). The Bertz CT molecular complexity index is 770. The SMILES string of the molecule is Cc1cnc(C(=O)OCc2csc(-c3ccccc3)n2)cn1. The van der Waals surface area contributed by atoms with E-state index in [4.69, 9.17) is 4.74 Å². The summed E-state index contributed by atoms with van der Waals surface area (Å²) in [4.78, 5) is 24.3. The zero-order valence-corrected chi connectivity index (χ0v) is 12.7. The van der Waals surface area contributed by atoms with Crippen LogP contribution >= 0.6 is 11.3 Å². The molecule has 110 valence electrons. The molecule has 0 atom stereocenters. The lowest BCUT2D eigenvalue weighted by atomic mass is 10.2. The maximum Gasteiger partial charge on any atom is 0.358 e. The summed E-state index contributed by atoms with van der Waals surface area (Å²) in [6, 6.07) is 9.88. The molecule has 0 saturated heterocycles. The van der Waals surface area contributed by atoms with Crippen LogP contribution in [0.4, 0.5) is 0 Å². The molecule has 2 heterocycles. The largest absolute Gasteiger partial charge is 0.454 e. The molecule has 0 aliphatic carbocycles. The van der Waals surface area contributed by atoms with Crippen LogP contribution in [0.1, 0.15) is 21.9 Å². The lowest BCUT2D eigenvalue weighted by Crippen LogP contribution is -2.08. The number of ether oxygens (including phenoxy) is 1. The van der Waals surface area contributed by atoms with E-state index < -0.39 is 5.97 Å². The fraction of sp³-hybridized carbons (Fsp3) is 0.125. The zero-order valence-electron chi connectivity index (χ0n) is 11.9. The Morgan fingerprint density at radius 3 is 2.73 bits per heavy atom. The van der Waals surface area contributed by atoms with Gasteiger partial charge in [-0.15, -0.1) is 11.3 Å². The topological polar surface area (TPSA) is 65.0 Å². The zero-order chi connectivity index (χ0) is 15.4. The molecule has 3 aromatic rings. The van der Waals surface area contributed by atoms with E-state index in [1.165, 1.54) is 23.7 Å². The van der Waals surface area contributed by atoms with Gasteiger partial charge in [0.05, 0.1) is 17.6 Å². The van der Waals surface area contributed by atoms with Gasteiger partial charge in [0, 0.05) is 17.1 Å². The van der Waals surface area contributed by atoms with Crippen molar-refractivity contribution in [2.24, 2.45) is 0 Å². The number of thiazole rings is 1. The first kappa shape index (κ1) is 14.3. The average molecular weight is 311 g/mol. The number of esters is 1. The number of aryl methyl sites for hydroxylation is 1. The molecule has 2 aromatic heterocycles. The number of hydrogen-bond acceptors (Lipinski definition) is 6. The van der Waals surface area contributed by atoms with E-state index >= 15 is 0 Å². The summed E-state index contributed by atoms with van der Waals surface area (Å²) in [6.07, 6.45) is 2.95. The highest BCUT2D eigenvalue weighted by molar-refractivity contribution is 7.13. The second-order valence-electron chi connectivity index (χ2n) is 4.63. The number of rotatable bonds is 4. The van der Waals surface area contributed by atoms with E-state index in [0.717, 1.165) is 22.0 Å². The molecular formula is C16H13N3O2S. The maximum atomic E-state index is 11.9. The third kappa shape index (κ3) is 3.35. The number of carbonyl (C=O) groups excluding carboxylic acids is 1. The van der Waals surface area contributed by atoms with Crippen molar-refractivity contribution in [1.82, 2.24) is 15.0 Å². The van der Waals surface area contributed by atoms with Gasteiger partial charge in [-0.05, 0) is 6.92 Å². The molecule has 0 bridgehead atoms. The summed E-state index contributed by atoms with van der Waals surface area (Å²) >= 11 is 1.52. The van der Waals surface area contributed by atoms with Gasteiger partial charge in [0.15, 0.2) is 5.69 Å². The van der Waals surface area contributed by atoms with Crippen molar-refractivity contribution in [2.75, 3.05) is 0 Å². The van der Waals surface area contributed by atoms with E-state index in [1.807, 2.05) is 42.6 Å². The highest BCUT2D eigenvalue weighted by Gasteiger charge is 2.11. The van der Waals surface area contributed by atoms with Crippen molar-refractivity contribution in [1.29, 1.82) is 0 Å². The van der Waals surface area contributed by atoms with Crippen molar-refractivity contribution in [3.63, 3.8) is 0 Å². The van der Waals surface area contributed by atoms with Crippen molar-refractivity contribution >= 4 is 17.3 Å². The number of nitrogens with zero attached hydrogens (tertiary/aromatic N) is 3. The normalized spacial score (nSPS) is 10.4. The van der Waals surface area contributed by atoms with Gasteiger partial charge in [0.2, 0.25) is 0 Å². The minimum atomic E-state index is -0.498. The van der Waals surface area contributed by atoms with Gasteiger partial charge in [-0.2, -0.15) is 0 Å². The predicted molar refractivity (Wildman–Crippen MR) is 83.4 cm³/mol. The van der Waals surface area contributed by atoms with Gasteiger partial charge < -0.3 is 4.74 Å². The Kier molecular flexibility index (Phi) is 4.20. The van der Waals surface area contributed by atoms with Gasteiger partial charge in [-0.3, -0.25) is 4.98 Å². The van der Waals surface area contributed by atoms with Crippen molar-refractivity contribution in [3.8, 4) is 10.6 Å². The standard InChI is InChI=1S/C16H13N3O2S/c1-11-7-18-14(8-17-11)16(20)21-9-13-10-22-15(19-13)12-5-3-2-4-6-12/h2-8,10H,9H2,1H3. The van der Waals surface area contributed by atoms with E-state index in [-0.39, 0.29) is 12.3 Å². The highest BCUT2D eigenvalue weighted by atomic mass is 32.1. The molecule has 5 nitrogen and oxygen atoms in total. The van der Waals surface area contributed by atoms with Crippen LogP contribution in [0.2, 0.25) is 0 Å². The second-order valence-corrected chi connectivity index (χ2v) is 5.49. The Morgan fingerprint density at radius 1 is 1.18 bits per heavy atom. The van der Waals surface area contributed by atoms with Gasteiger partial charge >= 0.3 is 5.97 Å². The molecule has 0 N–H and O–H groups in total. The number of hydrogen-bond donors (Lipinski definition) is 0. The first-order valence-corrected chi connectivity index (χ1v) is 7.56. The molecule has 0 aliphatic heterocycles. The molecule has 1 aromatic carbocycles. The third-order valence-electron chi connectivity index (χ3n) is 2.91. The average Bonchev–Trinajstić information content (AvgIpc) is 3.03. The van der Waals surface area contributed by atoms with Crippen molar-refractivity contribution < 1.29 is 9.53 Å². The van der Waals surface area contributed by atoms with Crippen molar-refractivity contribution in [2.45, 2.75) is 13.5 Å². The summed E-state index contributed by atoms with van der Waals surface area (Å²) in [5, 5.41) is 2.79. The monoisotopic (exact) mass is 311 g/mol. The molecule has 0 amide bonds. The van der Waals surface area contributed by atoms with Gasteiger partial charge in [-0.25, -0.2) is 14.8 Å². The summed E-state index contributed by atoms with van der Waals surface area (Å²) in [5.74, 6) is -0.498. The van der Waals surface area contributed by atoms with Crippen LogP contribution in [0, 0.1) is 6.92 Å².